The van der Waals surface area contributed by atoms with Gasteiger partial charge in [-0.15, -0.1) is 0 Å². The summed E-state index contributed by atoms with van der Waals surface area (Å²) in [6.07, 6.45) is 1.57. The SMILES string of the molecule is O=[N+]([O-])c1ccc(-c2ccc(CN3Cc4nc(-c5cccc(F)c5F)[nH]c4C=N3)nn2)cc1. The quantitative estimate of drug-likeness (QED) is 0.365. The van der Waals surface area contributed by atoms with E-state index in [9.17, 15) is 18.9 Å². The molecule has 5 rings (SSSR count). The summed E-state index contributed by atoms with van der Waals surface area (Å²) in [4.78, 5) is 17.7. The van der Waals surface area contributed by atoms with Gasteiger partial charge in [-0.25, -0.2) is 13.8 Å². The molecular weight excluding hydrogens is 432 g/mol. The van der Waals surface area contributed by atoms with Gasteiger partial charge in [0.2, 0.25) is 0 Å². The fraction of sp³-hybridized carbons (Fsp3) is 0.0909. The number of H-pyrrole nitrogens is 1. The van der Waals surface area contributed by atoms with Gasteiger partial charge in [0.1, 0.15) is 5.82 Å². The third-order valence-corrected chi connectivity index (χ3v) is 5.14. The van der Waals surface area contributed by atoms with Crippen molar-refractivity contribution in [2.45, 2.75) is 13.1 Å². The van der Waals surface area contributed by atoms with Gasteiger partial charge in [-0.05, 0) is 36.4 Å². The highest BCUT2D eigenvalue weighted by atomic mass is 19.2. The molecule has 0 radical (unpaired) electrons. The van der Waals surface area contributed by atoms with Crippen molar-refractivity contribution in [3.05, 3.63) is 93.4 Å². The number of rotatable bonds is 5. The molecule has 9 nitrogen and oxygen atoms in total. The van der Waals surface area contributed by atoms with Crippen molar-refractivity contribution in [3.8, 4) is 22.6 Å². The first-order valence-electron chi connectivity index (χ1n) is 9.87. The zero-order chi connectivity index (χ0) is 22.9. The minimum absolute atomic E-state index is 0.00678. The second-order valence-corrected chi connectivity index (χ2v) is 7.33. The van der Waals surface area contributed by atoms with Gasteiger partial charge < -0.3 is 4.98 Å². The van der Waals surface area contributed by atoms with Gasteiger partial charge in [0.05, 0.1) is 52.6 Å². The van der Waals surface area contributed by atoms with Crippen LogP contribution in [-0.2, 0) is 13.1 Å². The molecule has 0 atom stereocenters. The molecule has 0 bridgehead atoms. The van der Waals surface area contributed by atoms with Gasteiger partial charge in [-0.1, -0.05) is 6.07 Å². The highest BCUT2D eigenvalue weighted by Crippen LogP contribution is 2.25. The van der Waals surface area contributed by atoms with Crippen LogP contribution in [0.3, 0.4) is 0 Å². The summed E-state index contributed by atoms with van der Waals surface area (Å²) >= 11 is 0. The molecule has 4 aromatic rings. The fourth-order valence-corrected chi connectivity index (χ4v) is 3.45. The van der Waals surface area contributed by atoms with E-state index in [-0.39, 0.29) is 17.1 Å². The molecule has 11 heteroatoms. The van der Waals surface area contributed by atoms with E-state index in [0.717, 1.165) is 6.07 Å². The molecule has 0 amide bonds. The van der Waals surface area contributed by atoms with Crippen molar-refractivity contribution in [2.24, 2.45) is 5.10 Å². The van der Waals surface area contributed by atoms with Crippen molar-refractivity contribution >= 4 is 11.9 Å². The molecule has 0 spiro atoms. The maximum absolute atomic E-state index is 14.1. The Bertz CT molecular complexity index is 1370. The van der Waals surface area contributed by atoms with Crippen LogP contribution in [0.2, 0.25) is 0 Å². The zero-order valence-electron chi connectivity index (χ0n) is 16.9. The van der Waals surface area contributed by atoms with E-state index in [0.29, 0.717) is 41.4 Å². The Kier molecular flexibility index (Phi) is 5.05. The number of imidazole rings is 1. The predicted molar refractivity (Wildman–Crippen MR) is 115 cm³/mol. The van der Waals surface area contributed by atoms with Crippen LogP contribution in [0.25, 0.3) is 22.6 Å². The van der Waals surface area contributed by atoms with E-state index >= 15 is 0 Å². The molecule has 0 saturated carbocycles. The van der Waals surface area contributed by atoms with Crippen LogP contribution in [0.1, 0.15) is 17.1 Å². The highest BCUT2D eigenvalue weighted by molar-refractivity contribution is 5.80. The van der Waals surface area contributed by atoms with E-state index in [4.69, 9.17) is 0 Å². The number of aromatic nitrogens is 4. The van der Waals surface area contributed by atoms with Crippen molar-refractivity contribution in [2.75, 3.05) is 0 Å². The molecule has 1 aliphatic heterocycles. The normalized spacial score (nSPS) is 12.6. The average Bonchev–Trinajstić information content (AvgIpc) is 3.24. The van der Waals surface area contributed by atoms with Crippen LogP contribution in [0.5, 0.6) is 0 Å². The summed E-state index contributed by atoms with van der Waals surface area (Å²) in [6.45, 7) is 0.713. The standard InChI is InChI=1S/C22H15F2N7O2/c23-17-3-1-2-16(21(17)24)22-26-19-10-25-30(12-20(19)27-22)11-14-6-9-18(29-28-14)13-4-7-15(8-5-13)31(32)33/h1-10H,11-12H2,(H,26,27). The van der Waals surface area contributed by atoms with Gasteiger partial charge in [-0.3, -0.25) is 15.1 Å². The maximum Gasteiger partial charge on any atom is 0.269 e. The second-order valence-electron chi connectivity index (χ2n) is 7.33. The third-order valence-electron chi connectivity index (χ3n) is 5.14. The molecule has 33 heavy (non-hydrogen) atoms. The molecule has 0 unspecified atom stereocenters. The first-order chi connectivity index (χ1) is 16.0. The molecule has 3 heterocycles. The number of nitrogens with zero attached hydrogens (tertiary/aromatic N) is 6. The lowest BCUT2D eigenvalue weighted by molar-refractivity contribution is -0.384. The molecule has 2 aromatic carbocycles. The maximum atomic E-state index is 14.1. The van der Waals surface area contributed by atoms with Crippen molar-refractivity contribution in [3.63, 3.8) is 0 Å². The first-order valence-corrected chi connectivity index (χ1v) is 9.87. The molecule has 164 valence electrons. The first kappa shape index (κ1) is 20.4. The lowest BCUT2D eigenvalue weighted by Crippen LogP contribution is -2.22. The highest BCUT2D eigenvalue weighted by Gasteiger charge is 2.20. The summed E-state index contributed by atoms with van der Waals surface area (Å²) in [7, 11) is 0. The average molecular weight is 447 g/mol. The van der Waals surface area contributed by atoms with E-state index < -0.39 is 16.6 Å². The van der Waals surface area contributed by atoms with Crippen LogP contribution in [0.4, 0.5) is 14.5 Å². The smallest absolute Gasteiger partial charge is 0.269 e. The number of hydrazone groups is 1. The second kappa shape index (κ2) is 8.19. The largest absolute Gasteiger partial charge is 0.337 e. The minimum Gasteiger partial charge on any atom is -0.337 e. The Morgan fingerprint density at radius 2 is 1.88 bits per heavy atom. The van der Waals surface area contributed by atoms with E-state index in [1.54, 1.807) is 35.5 Å². The van der Waals surface area contributed by atoms with Gasteiger partial charge in [0, 0.05) is 17.7 Å². The van der Waals surface area contributed by atoms with Crippen molar-refractivity contribution in [1.29, 1.82) is 0 Å². The number of aromatic amines is 1. The molecule has 0 aliphatic carbocycles. The Morgan fingerprint density at radius 3 is 2.61 bits per heavy atom. The summed E-state index contributed by atoms with van der Waals surface area (Å²) in [5.41, 5.74) is 3.31. The van der Waals surface area contributed by atoms with Crippen molar-refractivity contribution < 1.29 is 13.7 Å². The van der Waals surface area contributed by atoms with Crippen LogP contribution < -0.4 is 0 Å². The Morgan fingerprint density at radius 1 is 1.06 bits per heavy atom. The van der Waals surface area contributed by atoms with Crippen molar-refractivity contribution in [1.82, 2.24) is 25.2 Å². The summed E-state index contributed by atoms with van der Waals surface area (Å²) in [5.74, 6) is -1.66. The number of nitro groups is 1. The molecule has 1 N–H and O–H groups in total. The zero-order valence-corrected chi connectivity index (χ0v) is 16.9. The van der Waals surface area contributed by atoms with Crippen LogP contribution in [0, 0.1) is 21.7 Å². The number of hydrogen-bond donors (Lipinski definition) is 1. The Labute approximate surface area is 185 Å². The number of nitro benzene ring substituents is 1. The van der Waals surface area contributed by atoms with Gasteiger partial charge in [0.25, 0.3) is 5.69 Å². The Hall–Kier alpha value is -4.54. The van der Waals surface area contributed by atoms with E-state index in [2.05, 4.69) is 25.3 Å². The number of nitrogens with one attached hydrogen (secondary N) is 1. The summed E-state index contributed by atoms with van der Waals surface area (Å²) in [5, 5.41) is 25.3. The third kappa shape index (κ3) is 4.03. The van der Waals surface area contributed by atoms with Crippen LogP contribution in [0.15, 0.2) is 59.7 Å². The van der Waals surface area contributed by atoms with Crippen LogP contribution in [-0.4, -0.2) is 36.3 Å². The number of hydrogen-bond acceptors (Lipinski definition) is 7. The summed E-state index contributed by atoms with van der Waals surface area (Å²) in [6, 6.07) is 13.6. The molecular formula is C22H15F2N7O2. The molecule has 1 aliphatic rings. The number of benzene rings is 2. The Balaban J connectivity index is 1.28. The summed E-state index contributed by atoms with van der Waals surface area (Å²) < 4.78 is 27.7. The fourth-order valence-electron chi connectivity index (χ4n) is 3.45. The topological polar surface area (TPSA) is 113 Å². The number of halogens is 2. The number of fused-ring (bicyclic) bond motifs is 1. The van der Waals surface area contributed by atoms with Crippen LogP contribution >= 0.6 is 0 Å². The van der Waals surface area contributed by atoms with E-state index in [1.807, 2.05) is 0 Å². The molecule has 0 fully saturated rings. The lowest BCUT2D eigenvalue weighted by atomic mass is 10.1. The van der Waals surface area contributed by atoms with Gasteiger partial charge in [-0.2, -0.15) is 15.3 Å². The minimum atomic E-state index is -0.958. The predicted octanol–water partition coefficient (Wildman–Crippen LogP) is 4.07. The molecule has 2 aromatic heterocycles. The number of non-ortho nitro benzene ring substituents is 1. The van der Waals surface area contributed by atoms with Gasteiger partial charge >= 0.3 is 0 Å². The lowest BCUT2D eigenvalue weighted by Gasteiger charge is -2.20. The monoisotopic (exact) mass is 447 g/mol. The van der Waals surface area contributed by atoms with Gasteiger partial charge in [0.15, 0.2) is 11.6 Å². The molecule has 0 saturated heterocycles. The van der Waals surface area contributed by atoms with E-state index in [1.165, 1.54) is 24.3 Å².